The molecule has 3 aromatic rings. The van der Waals surface area contributed by atoms with Crippen LogP contribution in [0.4, 0.5) is 0 Å². The zero-order valence-corrected chi connectivity index (χ0v) is 13.2. The second-order valence-electron chi connectivity index (χ2n) is 6.67. The van der Waals surface area contributed by atoms with E-state index in [9.17, 15) is 4.79 Å². The molecule has 0 aliphatic rings. The lowest BCUT2D eigenvalue weighted by molar-refractivity contribution is 0.112. The van der Waals surface area contributed by atoms with Crippen molar-refractivity contribution in [3.05, 3.63) is 65.4 Å². The third-order valence-corrected chi connectivity index (χ3v) is 3.87. The molecule has 0 saturated heterocycles. The van der Waals surface area contributed by atoms with E-state index in [4.69, 9.17) is 0 Å². The molecule has 0 N–H and O–H groups in total. The first-order valence-electron chi connectivity index (χ1n) is 7.48. The SMILES string of the molecule is CC(C)(C)c1ccccc1Cn1cc2cc(C=O)ccc2n1. The average molecular weight is 292 g/mol. The highest BCUT2D eigenvalue weighted by Gasteiger charge is 2.17. The van der Waals surface area contributed by atoms with E-state index in [2.05, 4.69) is 50.1 Å². The quantitative estimate of drug-likeness (QED) is 0.678. The van der Waals surface area contributed by atoms with Crippen LogP contribution in [0.5, 0.6) is 0 Å². The van der Waals surface area contributed by atoms with Crippen LogP contribution in [0.2, 0.25) is 0 Å². The number of carbonyl (C=O) groups excluding carboxylic acids is 1. The maximum atomic E-state index is 10.9. The van der Waals surface area contributed by atoms with Crippen molar-refractivity contribution >= 4 is 17.2 Å². The van der Waals surface area contributed by atoms with Crippen LogP contribution in [-0.4, -0.2) is 16.1 Å². The van der Waals surface area contributed by atoms with Gasteiger partial charge >= 0.3 is 0 Å². The zero-order chi connectivity index (χ0) is 15.7. The van der Waals surface area contributed by atoms with Gasteiger partial charge in [-0.05, 0) is 34.7 Å². The molecule has 22 heavy (non-hydrogen) atoms. The Kier molecular flexibility index (Phi) is 3.57. The lowest BCUT2D eigenvalue weighted by Crippen LogP contribution is -2.15. The Hall–Kier alpha value is -2.42. The normalized spacial score (nSPS) is 11.8. The Balaban J connectivity index is 1.99. The minimum atomic E-state index is 0.105. The van der Waals surface area contributed by atoms with E-state index in [0.717, 1.165) is 23.7 Å². The Morgan fingerprint density at radius 2 is 1.91 bits per heavy atom. The second-order valence-corrected chi connectivity index (χ2v) is 6.67. The number of rotatable bonds is 3. The average Bonchev–Trinajstić information content (AvgIpc) is 2.87. The number of fused-ring (bicyclic) bond motifs is 1. The minimum absolute atomic E-state index is 0.105. The van der Waals surface area contributed by atoms with Crippen molar-refractivity contribution in [3.63, 3.8) is 0 Å². The van der Waals surface area contributed by atoms with Crippen LogP contribution in [0, 0.1) is 0 Å². The molecule has 0 spiro atoms. The minimum Gasteiger partial charge on any atom is -0.298 e. The molecule has 2 aromatic carbocycles. The zero-order valence-electron chi connectivity index (χ0n) is 13.2. The van der Waals surface area contributed by atoms with Gasteiger partial charge in [-0.1, -0.05) is 45.0 Å². The van der Waals surface area contributed by atoms with E-state index in [1.807, 2.05) is 23.0 Å². The van der Waals surface area contributed by atoms with Crippen LogP contribution in [-0.2, 0) is 12.0 Å². The predicted molar refractivity (Wildman–Crippen MR) is 89.4 cm³/mol. The molecule has 0 amide bonds. The molecule has 0 fully saturated rings. The summed E-state index contributed by atoms with van der Waals surface area (Å²) >= 11 is 0. The molecule has 0 saturated carbocycles. The van der Waals surface area contributed by atoms with Gasteiger partial charge in [-0.2, -0.15) is 5.10 Å². The first-order chi connectivity index (χ1) is 10.5. The molecule has 0 unspecified atom stereocenters. The summed E-state index contributed by atoms with van der Waals surface area (Å²) in [6.45, 7) is 7.41. The summed E-state index contributed by atoms with van der Waals surface area (Å²) in [5, 5.41) is 5.61. The highest BCUT2D eigenvalue weighted by Crippen LogP contribution is 2.26. The topological polar surface area (TPSA) is 34.9 Å². The predicted octanol–water partition coefficient (Wildman–Crippen LogP) is 4.19. The standard InChI is InChI=1S/C19H20N2O/c1-19(2,3)17-7-5-4-6-15(17)11-21-12-16-10-14(13-22)8-9-18(16)20-21/h4-10,12-13H,11H2,1-3H3. The molecule has 0 aliphatic heterocycles. The van der Waals surface area contributed by atoms with E-state index in [1.54, 1.807) is 6.07 Å². The van der Waals surface area contributed by atoms with Gasteiger partial charge in [-0.25, -0.2) is 0 Å². The van der Waals surface area contributed by atoms with Crippen LogP contribution in [0.1, 0.15) is 42.3 Å². The number of carbonyl (C=O) groups is 1. The van der Waals surface area contributed by atoms with Crippen LogP contribution in [0.3, 0.4) is 0 Å². The van der Waals surface area contributed by atoms with Crippen LogP contribution >= 0.6 is 0 Å². The summed E-state index contributed by atoms with van der Waals surface area (Å²) < 4.78 is 1.95. The summed E-state index contributed by atoms with van der Waals surface area (Å²) in [6.07, 6.45) is 2.87. The molecule has 0 radical (unpaired) electrons. The summed E-state index contributed by atoms with van der Waals surface area (Å²) in [5.74, 6) is 0. The second kappa shape index (κ2) is 5.41. The van der Waals surface area contributed by atoms with Crippen LogP contribution < -0.4 is 0 Å². The highest BCUT2D eigenvalue weighted by atomic mass is 16.1. The number of benzene rings is 2. The van der Waals surface area contributed by atoms with Gasteiger partial charge in [0.2, 0.25) is 0 Å². The fourth-order valence-electron chi connectivity index (χ4n) is 2.81. The molecule has 0 bridgehead atoms. The summed E-state index contributed by atoms with van der Waals surface area (Å²) in [6, 6.07) is 14.1. The highest BCUT2D eigenvalue weighted by molar-refractivity contribution is 5.86. The maximum Gasteiger partial charge on any atom is 0.150 e. The lowest BCUT2D eigenvalue weighted by Gasteiger charge is -2.22. The van der Waals surface area contributed by atoms with Gasteiger partial charge in [0.1, 0.15) is 6.29 Å². The number of aromatic nitrogens is 2. The fourth-order valence-corrected chi connectivity index (χ4v) is 2.81. The Bertz CT molecular complexity index is 825. The maximum absolute atomic E-state index is 10.9. The summed E-state index contributed by atoms with van der Waals surface area (Å²) in [7, 11) is 0. The Morgan fingerprint density at radius 3 is 2.64 bits per heavy atom. The first kappa shape index (κ1) is 14.5. The molecule has 112 valence electrons. The van der Waals surface area contributed by atoms with Crippen molar-refractivity contribution in [1.82, 2.24) is 9.78 Å². The van der Waals surface area contributed by atoms with Gasteiger partial charge in [-0.15, -0.1) is 0 Å². The molecular weight excluding hydrogens is 272 g/mol. The van der Waals surface area contributed by atoms with Crippen molar-refractivity contribution in [2.24, 2.45) is 0 Å². The van der Waals surface area contributed by atoms with Gasteiger partial charge in [0.05, 0.1) is 12.1 Å². The van der Waals surface area contributed by atoms with Gasteiger partial charge in [0.15, 0.2) is 0 Å². The van der Waals surface area contributed by atoms with Gasteiger partial charge in [0.25, 0.3) is 0 Å². The van der Waals surface area contributed by atoms with E-state index < -0.39 is 0 Å². The molecule has 0 atom stereocenters. The lowest BCUT2D eigenvalue weighted by atomic mass is 9.84. The van der Waals surface area contributed by atoms with Crippen molar-refractivity contribution < 1.29 is 4.79 Å². The van der Waals surface area contributed by atoms with Crippen molar-refractivity contribution in [2.45, 2.75) is 32.7 Å². The molecular formula is C19H20N2O. The summed E-state index contributed by atoms with van der Waals surface area (Å²) in [5.41, 5.74) is 4.32. The first-order valence-corrected chi connectivity index (χ1v) is 7.48. The van der Waals surface area contributed by atoms with E-state index >= 15 is 0 Å². The number of hydrogen-bond donors (Lipinski definition) is 0. The molecule has 1 aromatic heterocycles. The van der Waals surface area contributed by atoms with Gasteiger partial charge in [-0.3, -0.25) is 9.48 Å². The Labute approximate surface area is 130 Å². The Morgan fingerprint density at radius 1 is 1.14 bits per heavy atom. The fraction of sp³-hybridized carbons (Fsp3) is 0.263. The van der Waals surface area contributed by atoms with E-state index in [-0.39, 0.29) is 5.41 Å². The van der Waals surface area contributed by atoms with Crippen LogP contribution in [0.25, 0.3) is 10.9 Å². The number of nitrogens with zero attached hydrogens (tertiary/aromatic N) is 2. The van der Waals surface area contributed by atoms with E-state index in [0.29, 0.717) is 5.56 Å². The summed E-state index contributed by atoms with van der Waals surface area (Å²) in [4.78, 5) is 10.9. The smallest absolute Gasteiger partial charge is 0.150 e. The number of aldehydes is 1. The third-order valence-electron chi connectivity index (χ3n) is 3.87. The van der Waals surface area contributed by atoms with Crippen LogP contribution in [0.15, 0.2) is 48.7 Å². The molecule has 3 heteroatoms. The van der Waals surface area contributed by atoms with Crippen molar-refractivity contribution in [1.29, 1.82) is 0 Å². The third kappa shape index (κ3) is 2.80. The number of hydrogen-bond acceptors (Lipinski definition) is 2. The van der Waals surface area contributed by atoms with Crippen molar-refractivity contribution in [2.75, 3.05) is 0 Å². The largest absolute Gasteiger partial charge is 0.298 e. The molecule has 1 heterocycles. The molecule has 3 nitrogen and oxygen atoms in total. The van der Waals surface area contributed by atoms with Gasteiger partial charge in [0, 0.05) is 17.1 Å². The molecule has 0 aliphatic carbocycles. The van der Waals surface area contributed by atoms with Crippen molar-refractivity contribution in [3.8, 4) is 0 Å². The van der Waals surface area contributed by atoms with E-state index in [1.165, 1.54) is 11.1 Å². The molecule has 3 rings (SSSR count). The van der Waals surface area contributed by atoms with Gasteiger partial charge < -0.3 is 0 Å². The monoisotopic (exact) mass is 292 g/mol.